The van der Waals surface area contributed by atoms with Crippen molar-refractivity contribution in [2.24, 2.45) is 0 Å². The highest BCUT2D eigenvalue weighted by molar-refractivity contribution is 6.31. The van der Waals surface area contributed by atoms with Crippen LogP contribution >= 0.6 is 11.6 Å². The number of methoxy groups -OCH3 is 3. The van der Waals surface area contributed by atoms with Crippen LogP contribution in [-0.2, 0) is 10.3 Å². The fourth-order valence-corrected chi connectivity index (χ4v) is 6.54. The van der Waals surface area contributed by atoms with Gasteiger partial charge < -0.3 is 24.2 Å². The van der Waals surface area contributed by atoms with E-state index in [1.54, 1.807) is 42.3 Å². The summed E-state index contributed by atoms with van der Waals surface area (Å²) in [6.45, 7) is 0.126. The molecule has 0 saturated carbocycles. The molecular weight excluding hydrogens is 478 g/mol. The zero-order valence-electron chi connectivity index (χ0n) is 19.7. The number of halogens is 1. The molecule has 3 heterocycles. The maximum Gasteiger partial charge on any atom is 0.252 e. The minimum Gasteiger partial charge on any atom is -0.493 e. The van der Waals surface area contributed by atoms with E-state index in [2.05, 4.69) is 0 Å². The summed E-state index contributed by atoms with van der Waals surface area (Å²) >= 11 is 6.39. The molecule has 2 aromatic carbocycles. The van der Waals surface area contributed by atoms with Crippen molar-refractivity contribution in [2.45, 2.75) is 36.1 Å². The molecule has 1 amide bonds. The number of nitro groups is 1. The Labute approximate surface area is 207 Å². The molecule has 3 aliphatic heterocycles. The number of nitrogens with zero attached hydrogens (tertiary/aromatic N) is 3. The van der Waals surface area contributed by atoms with E-state index in [0.717, 1.165) is 0 Å². The van der Waals surface area contributed by atoms with Gasteiger partial charge in [0.15, 0.2) is 11.5 Å². The third-order valence-corrected chi connectivity index (χ3v) is 7.85. The van der Waals surface area contributed by atoms with Crippen LogP contribution in [0.25, 0.3) is 0 Å². The van der Waals surface area contributed by atoms with Crippen LogP contribution in [-0.4, -0.2) is 73.9 Å². The summed E-state index contributed by atoms with van der Waals surface area (Å²) < 4.78 is 16.5. The third-order valence-electron chi connectivity index (χ3n) is 7.61. The first kappa shape index (κ1) is 23.7. The van der Waals surface area contributed by atoms with Gasteiger partial charge in [0.1, 0.15) is 5.54 Å². The molecule has 0 aromatic heterocycles. The summed E-state index contributed by atoms with van der Waals surface area (Å²) in [7, 11) is 6.06. The number of anilines is 1. The van der Waals surface area contributed by atoms with Crippen LogP contribution in [0.4, 0.5) is 5.69 Å². The third kappa shape index (κ3) is 3.06. The molecule has 3 aliphatic rings. The molecule has 1 N–H and O–H groups in total. The van der Waals surface area contributed by atoms with Crippen LogP contribution in [0.1, 0.15) is 23.5 Å². The normalized spacial score (nSPS) is 29.4. The molecule has 35 heavy (non-hydrogen) atoms. The summed E-state index contributed by atoms with van der Waals surface area (Å²) in [6, 6.07) is 6.62. The Kier molecular flexibility index (Phi) is 5.58. The van der Waals surface area contributed by atoms with Crippen molar-refractivity contribution in [1.82, 2.24) is 4.90 Å². The van der Waals surface area contributed by atoms with E-state index in [4.69, 9.17) is 25.8 Å². The number of rotatable bonds is 5. The van der Waals surface area contributed by atoms with E-state index in [9.17, 15) is 20.0 Å². The number of hydrogen-bond acceptors (Lipinski definition) is 8. The van der Waals surface area contributed by atoms with E-state index in [-0.39, 0.29) is 23.8 Å². The second kappa shape index (κ2) is 8.25. The molecule has 10 nitrogen and oxygen atoms in total. The predicted molar refractivity (Wildman–Crippen MR) is 127 cm³/mol. The molecule has 186 valence electrons. The fourth-order valence-electron chi connectivity index (χ4n) is 6.37. The first-order valence-electron chi connectivity index (χ1n) is 11.2. The van der Waals surface area contributed by atoms with Crippen LogP contribution in [0.15, 0.2) is 30.3 Å². The summed E-state index contributed by atoms with van der Waals surface area (Å²) in [4.78, 5) is 29.8. The molecule has 2 fully saturated rings. The average molecular weight is 504 g/mol. The zero-order valence-corrected chi connectivity index (χ0v) is 20.5. The second-order valence-electron chi connectivity index (χ2n) is 9.11. The van der Waals surface area contributed by atoms with Gasteiger partial charge in [-0.3, -0.25) is 19.8 Å². The van der Waals surface area contributed by atoms with Crippen LogP contribution in [0.3, 0.4) is 0 Å². The lowest BCUT2D eigenvalue weighted by Gasteiger charge is -2.37. The molecule has 2 saturated heterocycles. The van der Waals surface area contributed by atoms with Crippen LogP contribution in [0.5, 0.6) is 17.2 Å². The smallest absolute Gasteiger partial charge is 0.252 e. The van der Waals surface area contributed by atoms with Crippen molar-refractivity contribution in [1.29, 1.82) is 0 Å². The Morgan fingerprint density at radius 2 is 1.80 bits per heavy atom. The highest BCUT2D eigenvalue weighted by Crippen LogP contribution is 2.61. The van der Waals surface area contributed by atoms with Crippen molar-refractivity contribution >= 4 is 23.2 Å². The van der Waals surface area contributed by atoms with Crippen molar-refractivity contribution < 1.29 is 29.0 Å². The number of amides is 1. The molecule has 2 aromatic rings. The van der Waals surface area contributed by atoms with Gasteiger partial charge in [0.2, 0.25) is 11.8 Å². The van der Waals surface area contributed by atoms with Gasteiger partial charge in [0.05, 0.1) is 39.4 Å². The van der Waals surface area contributed by atoms with Crippen molar-refractivity contribution in [2.75, 3.05) is 39.8 Å². The standard InChI is InChI=1S/C24H26ClN3O7/c1-26-16-6-5-13(25)9-15(16)24(23(26)30)20(21(28(31)32)17-10-14(29)11-27(17)24)12-7-18(33-2)22(35-4)19(8-12)34-3/h5-9,14,17,20-21,29H,10-11H2,1-4H3/t14-,17+,20+,21-,24+/m1/s1. The summed E-state index contributed by atoms with van der Waals surface area (Å²) in [6.07, 6.45) is -0.608. The highest BCUT2D eigenvalue weighted by atomic mass is 35.5. The van der Waals surface area contributed by atoms with E-state index in [1.807, 2.05) is 0 Å². The van der Waals surface area contributed by atoms with Crippen molar-refractivity contribution in [3.05, 3.63) is 56.6 Å². The topological polar surface area (TPSA) is 115 Å². The van der Waals surface area contributed by atoms with Crippen LogP contribution in [0.2, 0.25) is 5.02 Å². The van der Waals surface area contributed by atoms with Gasteiger partial charge in [0.25, 0.3) is 5.91 Å². The molecule has 0 radical (unpaired) electrons. The number of aliphatic hydroxyl groups is 1. The lowest BCUT2D eigenvalue weighted by atomic mass is 9.73. The monoisotopic (exact) mass is 503 g/mol. The minimum atomic E-state index is -1.44. The number of ether oxygens (including phenoxy) is 3. The number of hydrogen-bond donors (Lipinski definition) is 1. The van der Waals surface area contributed by atoms with E-state index < -0.39 is 29.6 Å². The lowest BCUT2D eigenvalue weighted by Crippen LogP contribution is -2.52. The van der Waals surface area contributed by atoms with E-state index in [0.29, 0.717) is 39.1 Å². The van der Waals surface area contributed by atoms with Gasteiger partial charge in [-0.1, -0.05) is 11.6 Å². The van der Waals surface area contributed by atoms with Gasteiger partial charge >= 0.3 is 0 Å². The van der Waals surface area contributed by atoms with Crippen LogP contribution < -0.4 is 19.1 Å². The predicted octanol–water partition coefficient (Wildman–Crippen LogP) is 2.42. The quantitative estimate of drug-likeness (QED) is 0.488. The Morgan fingerprint density at radius 3 is 2.37 bits per heavy atom. The average Bonchev–Trinajstić information content (AvgIpc) is 3.41. The number of likely N-dealkylation sites (N-methyl/N-ethyl adjacent to an activating group) is 1. The molecule has 0 aliphatic carbocycles. The number of carbonyl (C=O) groups is 1. The largest absolute Gasteiger partial charge is 0.493 e. The number of fused-ring (bicyclic) bond motifs is 4. The number of aliphatic hydroxyl groups excluding tert-OH is 1. The van der Waals surface area contributed by atoms with Gasteiger partial charge in [0, 0.05) is 34.8 Å². The molecule has 0 bridgehead atoms. The fraction of sp³-hybridized carbons (Fsp3) is 0.458. The molecule has 5 atom stereocenters. The molecular formula is C24H26ClN3O7. The van der Waals surface area contributed by atoms with E-state index in [1.165, 1.54) is 26.2 Å². The van der Waals surface area contributed by atoms with Crippen molar-refractivity contribution in [3.8, 4) is 17.2 Å². The summed E-state index contributed by atoms with van der Waals surface area (Å²) in [5, 5.41) is 23.6. The van der Waals surface area contributed by atoms with Gasteiger partial charge in [-0.15, -0.1) is 0 Å². The molecule has 11 heteroatoms. The van der Waals surface area contributed by atoms with Crippen LogP contribution in [0, 0.1) is 10.1 Å². The minimum absolute atomic E-state index is 0.126. The Balaban J connectivity index is 1.85. The summed E-state index contributed by atoms with van der Waals surface area (Å²) in [5.41, 5.74) is 0.264. The lowest BCUT2D eigenvalue weighted by molar-refractivity contribution is -0.527. The Hall–Kier alpha value is -3.08. The van der Waals surface area contributed by atoms with Gasteiger partial charge in [-0.2, -0.15) is 0 Å². The Bertz CT molecular complexity index is 1200. The number of carbonyl (C=O) groups excluding carboxylic acids is 1. The highest BCUT2D eigenvalue weighted by Gasteiger charge is 2.73. The summed E-state index contributed by atoms with van der Waals surface area (Å²) in [5.74, 6) is -0.222. The maximum absolute atomic E-state index is 14.2. The van der Waals surface area contributed by atoms with Crippen molar-refractivity contribution in [3.63, 3.8) is 0 Å². The second-order valence-corrected chi connectivity index (χ2v) is 9.55. The first-order chi connectivity index (χ1) is 16.7. The number of benzene rings is 2. The van der Waals surface area contributed by atoms with E-state index >= 15 is 0 Å². The van der Waals surface area contributed by atoms with Gasteiger partial charge in [-0.05, 0) is 42.3 Å². The zero-order chi connectivity index (χ0) is 25.2. The Morgan fingerprint density at radius 1 is 1.14 bits per heavy atom. The SMILES string of the molecule is COc1cc([C@H]2[C@H]([N+](=O)[O-])[C@@H]3C[C@@H](O)CN3[C@]23C(=O)N(C)c2ccc(Cl)cc23)cc(OC)c1OC. The molecule has 5 rings (SSSR count). The molecule has 1 spiro atoms. The molecule has 0 unspecified atom stereocenters. The van der Waals surface area contributed by atoms with Gasteiger partial charge in [-0.25, -0.2) is 0 Å². The first-order valence-corrected chi connectivity index (χ1v) is 11.5. The maximum atomic E-state index is 14.2.